The third-order valence-electron chi connectivity index (χ3n) is 11.7. The molecule has 0 spiro atoms. The minimum absolute atomic E-state index is 0.112. The van der Waals surface area contributed by atoms with Gasteiger partial charge >= 0.3 is 0 Å². The van der Waals surface area contributed by atoms with E-state index in [-0.39, 0.29) is 5.56 Å². The summed E-state index contributed by atoms with van der Waals surface area (Å²) in [5.41, 5.74) is 4.74. The molecule has 0 saturated heterocycles. The molecule has 2 unspecified atom stereocenters. The van der Waals surface area contributed by atoms with Crippen LogP contribution in [0.25, 0.3) is 33.4 Å². The van der Waals surface area contributed by atoms with Crippen LogP contribution < -0.4 is 9.47 Å². The molecule has 8 rings (SSSR count). The molecule has 0 N–H and O–H groups in total. The summed E-state index contributed by atoms with van der Waals surface area (Å²) in [4.78, 5) is 0. The highest BCUT2D eigenvalue weighted by atomic mass is 16.5. The van der Waals surface area contributed by atoms with Crippen LogP contribution in [0.2, 0.25) is 0 Å². The quantitative estimate of drug-likeness (QED) is 0.186. The zero-order valence-electron chi connectivity index (χ0n) is 39.2. The van der Waals surface area contributed by atoms with Crippen LogP contribution >= 0.6 is 0 Å². The molecule has 0 saturated carbocycles. The van der Waals surface area contributed by atoms with E-state index in [9.17, 15) is 0 Å². The second kappa shape index (κ2) is 11.5. The van der Waals surface area contributed by atoms with E-state index in [1.165, 1.54) is 0 Å². The topological polar surface area (TPSA) is 18.5 Å². The lowest BCUT2D eigenvalue weighted by Crippen LogP contribution is -2.39. The highest BCUT2D eigenvalue weighted by Gasteiger charge is 2.45. The Bertz CT molecular complexity index is 2720. The Morgan fingerprint density at radius 1 is 0.451 bits per heavy atom. The van der Waals surface area contributed by atoms with Crippen LogP contribution in [0.1, 0.15) is 98.2 Å². The lowest BCUT2D eigenvalue weighted by atomic mass is 9.61. The van der Waals surface area contributed by atoms with E-state index < -0.39 is 36.8 Å². The molecule has 0 radical (unpaired) electrons. The van der Waals surface area contributed by atoms with Gasteiger partial charge in [0.2, 0.25) is 0 Å². The predicted molar refractivity (Wildman–Crippen MR) is 213 cm³/mol. The molecule has 0 aromatic heterocycles. The van der Waals surface area contributed by atoms with Gasteiger partial charge in [0.25, 0.3) is 0 Å². The second-order valence-electron chi connectivity index (χ2n) is 15.0. The molecule has 6 aromatic rings. The van der Waals surface area contributed by atoms with Crippen molar-refractivity contribution >= 4 is 0 Å². The number of fused-ring (bicyclic) bond motifs is 4. The lowest BCUT2D eigenvalue weighted by Gasteiger charge is -2.41. The predicted octanol–water partition coefficient (Wildman–Crippen LogP) is 13.7. The Kier molecular flexibility index (Phi) is 5.43. The van der Waals surface area contributed by atoms with E-state index in [0.717, 1.165) is 22.3 Å². The minimum atomic E-state index is -2.62. The van der Waals surface area contributed by atoms with Crippen LogP contribution in [-0.4, -0.2) is 0 Å². The third kappa shape index (κ3) is 4.75. The normalized spacial score (nSPS) is 23.2. The van der Waals surface area contributed by atoms with Gasteiger partial charge in [-0.3, -0.25) is 0 Å². The molecular weight excluding hydrogens is 621 g/mol. The maximum atomic E-state index is 9.10. The molecule has 2 atom stereocenters. The van der Waals surface area contributed by atoms with E-state index in [2.05, 4.69) is 0 Å². The lowest BCUT2D eigenvalue weighted by molar-refractivity contribution is 0.306. The van der Waals surface area contributed by atoms with Crippen molar-refractivity contribution in [3.05, 3.63) is 154 Å². The summed E-state index contributed by atoms with van der Waals surface area (Å²) in [6.45, 7) is 5.72. The Balaban J connectivity index is 1.39. The van der Waals surface area contributed by atoms with Gasteiger partial charge in [-0.1, -0.05) is 138 Å². The first kappa shape index (κ1) is 24.2. The van der Waals surface area contributed by atoms with E-state index >= 15 is 0 Å². The molecule has 256 valence electrons. The van der Waals surface area contributed by atoms with Crippen molar-refractivity contribution in [2.45, 2.75) is 85.3 Å². The maximum absolute atomic E-state index is 9.10. The fraction of sp³-hybridized carbons (Fsp3) is 0.265. The molecule has 2 nitrogen and oxygen atoms in total. The minimum Gasteiger partial charge on any atom is -0.456 e. The van der Waals surface area contributed by atoms with E-state index in [1.807, 2.05) is 101 Å². The summed E-state index contributed by atoms with van der Waals surface area (Å²) in [6, 6.07) is 33.3. The molecular formula is C49H48O2. The molecule has 51 heavy (non-hydrogen) atoms. The Morgan fingerprint density at radius 3 is 1.57 bits per heavy atom. The van der Waals surface area contributed by atoms with Gasteiger partial charge in [0.05, 0.1) is 0 Å². The van der Waals surface area contributed by atoms with E-state index in [1.54, 1.807) is 56.3 Å². The van der Waals surface area contributed by atoms with Gasteiger partial charge in [0, 0.05) is 62.0 Å². The molecule has 0 fully saturated rings. The number of ether oxygens (including phenoxy) is 2. The van der Waals surface area contributed by atoms with E-state index in [0.29, 0.717) is 73.1 Å². The van der Waals surface area contributed by atoms with Gasteiger partial charge in [-0.05, 0) is 84.3 Å². The van der Waals surface area contributed by atoms with Crippen molar-refractivity contribution in [2.24, 2.45) is 0 Å². The van der Waals surface area contributed by atoms with Crippen molar-refractivity contribution in [1.29, 1.82) is 0 Å². The van der Waals surface area contributed by atoms with Gasteiger partial charge in [-0.2, -0.15) is 0 Å². The van der Waals surface area contributed by atoms with Gasteiger partial charge in [0.1, 0.15) is 23.0 Å². The molecule has 2 aliphatic rings. The van der Waals surface area contributed by atoms with Crippen molar-refractivity contribution in [1.82, 2.24) is 0 Å². The number of aryl methyl sites for hydroxylation is 2. The SMILES string of the molecule is [2H]C([2H])([2H])c1c(-c2ccc(C)c(-c3cccc4c3Oc3ccccc3C(C)(C)C4(C)C([2H])([2H])[2H])c2C)ccc(C)c1-c1cccc2c1Oc1ccccc1C2(C)C([2H])([2H])[2H]. The number of hydrogen-bond donors (Lipinski definition) is 0. The Morgan fingerprint density at radius 2 is 0.961 bits per heavy atom. The summed E-state index contributed by atoms with van der Waals surface area (Å²) in [5, 5.41) is 0. The molecule has 6 aromatic carbocycles. The fourth-order valence-electron chi connectivity index (χ4n) is 8.32. The standard InChI is InChI=1S/C49H48O2/c1-29-25-27-33(31(3)43(29)35-17-15-21-39-45(35)50-41-23-13-11-19-37(41)47(39,5)6)34-28-26-30(2)44(32(34)4)36-18-16-22-40-46(36)51-42-24-14-12-20-38(42)48(7,8)49(40,9)10/h11-28H,1-10H3/i3D3,5D3,9D3. The Labute approximate surface area is 316 Å². The van der Waals surface area contributed by atoms with Crippen molar-refractivity contribution in [3.63, 3.8) is 0 Å². The summed E-state index contributed by atoms with van der Waals surface area (Å²) in [6.07, 6.45) is 0. The summed E-state index contributed by atoms with van der Waals surface area (Å²) in [7, 11) is 0. The monoisotopic (exact) mass is 677 g/mol. The largest absolute Gasteiger partial charge is 0.456 e. The second-order valence-corrected chi connectivity index (χ2v) is 15.0. The highest BCUT2D eigenvalue weighted by Crippen LogP contribution is 2.56. The molecule has 0 aliphatic carbocycles. The number of hydrogen-bond acceptors (Lipinski definition) is 2. The van der Waals surface area contributed by atoms with Crippen LogP contribution in [0.15, 0.2) is 109 Å². The highest BCUT2D eigenvalue weighted by molar-refractivity contribution is 5.89. The number of rotatable bonds is 3. The fourth-order valence-corrected chi connectivity index (χ4v) is 8.32. The van der Waals surface area contributed by atoms with Gasteiger partial charge in [-0.15, -0.1) is 0 Å². The molecule has 0 amide bonds. The average molecular weight is 678 g/mol. The molecule has 2 aliphatic heterocycles. The average Bonchev–Trinajstić information content (AvgIpc) is 3.24. The zero-order chi connectivity index (χ0) is 43.5. The first-order valence-electron chi connectivity index (χ1n) is 22.0. The van der Waals surface area contributed by atoms with Crippen molar-refractivity contribution in [2.75, 3.05) is 0 Å². The van der Waals surface area contributed by atoms with Gasteiger partial charge in [0.15, 0.2) is 0 Å². The van der Waals surface area contributed by atoms with E-state index in [4.69, 9.17) is 21.8 Å². The van der Waals surface area contributed by atoms with Crippen molar-refractivity contribution in [3.8, 4) is 56.4 Å². The van der Waals surface area contributed by atoms with Crippen LogP contribution in [0, 0.1) is 27.6 Å². The van der Waals surface area contributed by atoms with Crippen LogP contribution in [-0.2, 0) is 16.2 Å². The zero-order valence-corrected chi connectivity index (χ0v) is 30.2. The van der Waals surface area contributed by atoms with Crippen molar-refractivity contribution < 1.29 is 21.8 Å². The van der Waals surface area contributed by atoms with Crippen LogP contribution in [0.5, 0.6) is 23.0 Å². The van der Waals surface area contributed by atoms with Crippen LogP contribution in [0.4, 0.5) is 0 Å². The first-order chi connectivity index (χ1) is 28.0. The van der Waals surface area contributed by atoms with Crippen LogP contribution in [0.3, 0.4) is 0 Å². The maximum Gasteiger partial charge on any atom is 0.139 e. The third-order valence-corrected chi connectivity index (χ3v) is 11.7. The summed E-state index contributed by atoms with van der Waals surface area (Å²) in [5.74, 6) is 1.74. The van der Waals surface area contributed by atoms with Gasteiger partial charge in [-0.25, -0.2) is 0 Å². The van der Waals surface area contributed by atoms with Gasteiger partial charge < -0.3 is 9.47 Å². The smallest absolute Gasteiger partial charge is 0.139 e. The first-order valence-corrected chi connectivity index (χ1v) is 17.5. The Hall–Kier alpha value is -5.08. The summed E-state index contributed by atoms with van der Waals surface area (Å²) >= 11 is 0. The number of benzene rings is 6. The molecule has 0 bridgehead atoms. The number of para-hydroxylation sites is 4. The summed E-state index contributed by atoms with van der Waals surface area (Å²) < 4.78 is 94.0. The molecule has 2 heteroatoms. The molecule has 2 heterocycles.